The molecule has 0 bridgehead atoms. The van der Waals surface area contributed by atoms with Crippen LogP contribution in [-0.2, 0) is 0 Å². The molecule has 2 aromatic heterocycles. The van der Waals surface area contributed by atoms with Crippen LogP contribution in [0.2, 0.25) is 0 Å². The van der Waals surface area contributed by atoms with E-state index in [1.165, 1.54) is 0 Å². The van der Waals surface area contributed by atoms with Gasteiger partial charge in [0.15, 0.2) is 0 Å². The largest absolute Gasteiger partial charge is 0.354 e. The summed E-state index contributed by atoms with van der Waals surface area (Å²) in [6.07, 6.45) is 5.84. The molecule has 25 heavy (non-hydrogen) atoms. The van der Waals surface area contributed by atoms with Gasteiger partial charge in [0.05, 0.1) is 5.56 Å². The molecule has 3 aromatic rings. The Labute approximate surface area is 146 Å². The molecule has 1 amide bonds. The minimum atomic E-state index is -0.147. The molecule has 0 saturated heterocycles. The highest BCUT2D eigenvalue weighted by Crippen LogP contribution is 2.31. The van der Waals surface area contributed by atoms with Crippen molar-refractivity contribution in [3.63, 3.8) is 0 Å². The van der Waals surface area contributed by atoms with E-state index >= 15 is 0 Å². The van der Waals surface area contributed by atoms with Crippen molar-refractivity contribution in [2.45, 2.75) is 19.9 Å². The topological polar surface area (TPSA) is 50.2 Å². The first-order valence-electron chi connectivity index (χ1n) is 8.34. The molecular formula is C20H20N4O. The molecule has 0 spiro atoms. The Balaban J connectivity index is 1.73. The van der Waals surface area contributed by atoms with Crippen molar-refractivity contribution < 1.29 is 4.79 Å². The minimum Gasteiger partial charge on any atom is -0.354 e. The first-order chi connectivity index (χ1) is 12.1. The summed E-state index contributed by atoms with van der Waals surface area (Å²) in [5.41, 5.74) is 1.78. The summed E-state index contributed by atoms with van der Waals surface area (Å²) >= 11 is 0. The maximum Gasteiger partial charge on any atom is 0.260 e. The quantitative estimate of drug-likeness (QED) is 0.772. The van der Waals surface area contributed by atoms with E-state index in [1.54, 1.807) is 6.20 Å². The highest BCUT2D eigenvalue weighted by molar-refractivity contribution is 6.11. The van der Waals surface area contributed by atoms with E-state index < -0.39 is 0 Å². The van der Waals surface area contributed by atoms with Crippen molar-refractivity contribution >= 4 is 34.0 Å². The van der Waals surface area contributed by atoms with Crippen molar-refractivity contribution in [1.82, 2.24) is 9.55 Å². The van der Waals surface area contributed by atoms with Crippen LogP contribution in [0, 0.1) is 0 Å². The number of allylic oxidation sites excluding steroid dienone is 1. The summed E-state index contributed by atoms with van der Waals surface area (Å²) in [6, 6.07) is 11.9. The summed E-state index contributed by atoms with van der Waals surface area (Å²) in [5.74, 6) is 1.35. The number of likely N-dealkylation sites (N-methyl/N-ethyl adjacent to an activating group) is 1. The van der Waals surface area contributed by atoms with Crippen LogP contribution in [-0.4, -0.2) is 28.5 Å². The van der Waals surface area contributed by atoms with Gasteiger partial charge in [0.25, 0.3) is 5.91 Å². The Bertz CT molecular complexity index is 997. The molecule has 1 atom stereocenters. The molecule has 5 nitrogen and oxygen atoms in total. The van der Waals surface area contributed by atoms with Crippen LogP contribution in [0.15, 0.2) is 54.9 Å². The van der Waals surface area contributed by atoms with Crippen LogP contribution < -0.4 is 10.2 Å². The zero-order chi connectivity index (χ0) is 17.6. The number of anilines is 2. The summed E-state index contributed by atoms with van der Waals surface area (Å²) in [6.45, 7) is 4.18. The maximum absolute atomic E-state index is 12.9. The third-order valence-electron chi connectivity index (χ3n) is 4.82. The average molecular weight is 332 g/mol. The van der Waals surface area contributed by atoms with Crippen molar-refractivity contribution in [3.05, 3.63) is 60.4 Å². The van der Waals surface area contributed by atoms with E-state index in [2.05, 4.69) is 35.1 Å². The predicted octanol–water partition coefficient (Wildman–Crippen LogP) is 3.99. The number of nitrogens with zero attached hydrogens (tertiary/aromatic N) is 3. The summed E-state index contributed by atoms with van der Waals surface area (Å²) in [7, 11) is 2.01. The Morgan fingerprint density at radius 3 is 2.84 bits per heavy atom. The van der Waals surface area contributed by atoms with Crippen molar-refractivity contribution in [2.75, 3.05) is 17.3 Å². The van der Waals surface area contributed by atoms with E-state index in [0.29, 0.717) is 11.4 Å². The van der Waals surface area contributed by atoms with E-state index in [0.717, 1.165) is 22.3 Å². The SMILES string of the molecule is CC1=CC(C)N(C)c2c(C(=O)Nc3nccc4ccccc34)ccn21. The second kappa shape index (κ2) is 5.77. The molecule has 0 aliphatic carbocycles. The highest BCUT2D eigenvalue weighted by Gasteiger charge is 2.25. The van der Waals surface area contributed by atoms with Crippen LogP contribution in [0.3, 0.4) is 0 Å². The van der Waals surface area contributed by atoms with Gasteiger partial charge in [-0.15, -0.1) is 0 Å². The number of hydrogen-bond acceptors (Lipinski definition) is 3. The lowest BCUT2D eigenvalue weighted by atomic mass is 10.1. The molecule has 0 radical (unpaired) electrons. The normalized spacial score (nSPS) is 16.5. The summed E-state index contributed by atoms with van der Waals surface area (Å²) in [5, 5.41) is 4.96. The number of rotatable bonds is 2. The molecule has 1 N–H and O–H groups in total. The van der Waals surface area contributed by atoms with Crippen molar-refractivity contribution in [2.24, 2.45) is 0 Å². The lowest BCUT2D eigenvalue weighted by Crippen LogP contribution is -2.34. The lowest BCUT2D eigenvalue weighted by molar-refractivity contribution is 0.102. The zero-order valence-electron chi connectivity index (χ0n) is 14.5. The molecule has 0 fully saturated rings. The molecule has 4 rings (SSSR count). The van der Waals surface area contributed by atoms with Gasteiger partial charge in [-0.2, -0.15) is 0 Å². The number of nitrogens with one attached hydrogen (secondary N) is 1. The maximum atomic E-state index is 12.9. The Morgan fingerprint density at radius 2 is 2.00 bits per heavy atom. The van der Waals surface area contributed by atoms with Gasteiger partial charge < -0.3 is 14.8 Å². The number of pyridine rings is 1. The monoisotopic (exact) mass is 332 g/mol. The Kier molecular flexibility index (Phi) is 3.57. The number of aromatic nitrogens is 2. The number of carbonyl (C=O) groups excluding carboxylic acids is 1. The highest BCUT2D eigenvalue weighted by atomic mass is 16.1. The van der Waals surface area contributed by atoms with E-state index in [4.69, 9.17) is 0 Å². The van der Waals surface area contributed by atoms with Gasteiger partial charge in [0.2, 0.25) is 0 Å². The Hall–Kier alpha value is -3.08. The Morgan fingerprint density at radius 1 is 1.20 bits per heavy atom. The fraction of sp³-hybridized carbons (Fsp3) is 0.200. The third-order valence-corrected chi connectivity index (χ3v) is 4.82. The van der Waals surface area contributed by atoms with Gasteiger partial charge in [-0.1, -0.05) is 24.3 Å². The molecule has 5 heteroatoms. The van der Waals surface area contributed by atoms with Gasteiger partial charge in [-0.3, -0.25) is 4.79 Å². The number of hydrogen-bond donors (Lipinski definition) is 1. The number of amides is 1. The molecule has 1 aromatic carbocycles. The predicted molar refractivity (Wildman–Crippen MR) is 102 cm³/mol. The van der Waals surface area contributed by atoms with E-state index in [-0.39, 0.29) is 11.9 Å². The van der Waals surface area contributed by atoms with Gasteiger partial charge in [0.1, 0.15) is 11.6 Å². The smallest absolute Gasteiger partial charge is 0.260 e. The number of fused-ring (bicyclic) bond motifs is 2. The van der Waals surface area contributed by atoms with Crippen molar-refractivity contribution in [3.8, 4) is 0 Å². The van der Waals surface area contributed by atoms with Crippen LogP contribution in [0.25, 0.3) is 16.5 Å². The van der Waals surface area contributed by atoms with Crippen LogP contribution in [0.4, 0.5) is 11.6 Å². The number of carbonyl (C=O) groups is 1. The second-order valence-electron chi connectivity index (χ2n) is 6.42. The number of benzene rings is 1. The van der Waals surface area contributed by atoms with Gasteiger partial charge in [-0.05, 0) is 37.4 Å². The fourth-order valence-corrected chi connectivity index (χ4v) is 3.37. The van der Waals surface area contributed by atoms with Gasteiger partial charge in [0, 0.05) is 36.6 Å². The molecule has 3 heterocycles. The second-order valence-corrected chi connectivity index (χ2v) is 6.42. The standard InChI is InChI=1S/C20H20N4O/c1-13-12-14(2)24-11-9-17(20(24)23(13)3)19(25)22-18-16-7-5-4-6-15(16)8-10-21-18/h4-13H,1-3H3,(H,21,22,25). The summed E-state index contributed by atoms with van der Waals surface area (Å²) < 4.78 is 2.05. The molecule has 1 unspecified atom stereocenters. The zero-order valence-corrected chi connectivity index (χ0v) is 14.5. The van der Waals surface area contributed by atoms with E-state index in [1.807, 2.05) is 54.2 Å². The molecule has 0 saturated carbocycles. The van der Waals surface area contributed by atoms with Crippen LogP contribution in [0.5, 0.6) is 0 Å². The molecule has 1 aliphatic heterocycles. The van der Waals surface area contributed by atoms with Gasteiger partial charge >= 0.3 is 0 Å². The lowest BCUT2D eigenvalue weighted by Gasteiger charge is -2.32. The molecular weight excluding hydrogens is 312 g/mol. The van der Waals surface area contributed by atoms with Crippen LogP contribution in [0.1, 0.15) is 24.2 Å². The molecule has 126 valence electrons. The summed E-state index contributed by atoms with van der Waals surface area (Å²) in [4.78, 5) is 19.4. The third kappa shape index (κ3) is 2.48. The first kappa shape index (κ1) is 15.4. The first-order valence-corrected chi connectivity index (χ1v) is 8.34. The van der Waals surface area contributed by atoms with Crippen LogP contribution >= 0.6 is 0 Å². The molecule has 1 aliphatic rings. The van der Waals surface area contributed by atoms with Crippen molar-refractivity contribution in [1.29, 1.82) is 0 Å². The van der Waals surface area contributed by atoms with E-state index in [9.17, 15) is 4.79 Å². The average Bonchev–Trinajstić information content (AvgIpc) is 3.06. The van der Waals surface area contributed by atoms with Gasteiger partial charge in [-0.25, -0.2) is 4.98 Å². The minimum absolute atomic E-state index is 0.147. The fourth-order valence-electron chi connectivity index (χ4n) is 3.37.